The molecule has 4 heteroatoms. The van der Waals surface area contributed by atoms with Crippen LogP contribution in [0, 0.1) is 0 Å². The highest BCUT2D eigenvalue weighted by Gasteiger charge is 2.07. The molecule has 0 heterocycles. The van der Waals surface area contributed by atoms with Crippen molar-refractivity contribution in [2.45, 2.75) is 19.4 Å². The minimum absolute atomic E-state index is 0.188. The van der Waals surface area contributed by atoms with Gasteiger partial charge in [-0.3, -0.25) is 0 Å². The Balaban J connectivity index is 2.84. The van der Waals surface area contributed by atoms with E-state index in [9.17, 15) is 4.46 Å². The predicted octanol–water partition coefficient (Wildman–Crippen LogP) is 2.45. The average Bonchev–Trinajstić information content (AvgIpc) is 2.14. The highest BCUT2D eigenvalue weighted by atomic mass is 79.9. The highest BCUT2D eigenvalue weighted by molar-refractivity contribution is 9.10. The molecule has 0 fully saturated rings. The van der Waals surface area contributed by atoms with Crippen molar-refractivity contribution in [1.29, 1.82) is 0 Å². The van der Waals surface area contributed by atoms with Crippen LogP contribution in [0.4, 0.5) is 0 Å². The first kappa shape index (κ1) is 10.6. The van der Waals surface area contributed by atoms with Gasteiger partial charge in [-0.2, -0.15) is 0 Å². The van der Waals surface area contributed by atoms with E-state index in [4.69, 9.17) is 0 Å². The number of halogens is 1. The third-order valence-corrected chi connectivity index (χ3v) is 2.85. The molecule has 0 aliphatic carbocycles. The van der Waals surface area contributed by atoms with Gasteiger partial charge in [-0.05, 0) is 24.1 Å². The van der Waals surface area contributed by atoms with E-state index in [0.29, 0.717) is 0 Å². The molecule has 1 aromatic carbocycles. The van der Waals surface area contributed by atoms with E-state index < -0.39 is 9.57 Å². The minimum atomic E-state index is -0.448. The molecule has 1 radical (unpaired) electrons. The van der Waals surface area contributed by atoms with Crippen molar-refractivity contribution in [2.75, 3.05) is 0 Å². The van der Waals surface area contributed by atoms with Crippen molar-refractivity contribution in [1.82, 2.24) is 4.98 Å². The van der Waals surface area contributed by atoms with Gasteiger partial charge in [-0.15, -0.1) is 0 Å². The lowest BCUT2D eigenvalue weighted by Crippen LogP contribution is -2.19. The Bertz CT molecular complexity index is 293. The van der Waals surface area contributed by atoms with Gasteiger partial charge >= 0.3 is 9.57 Å². The van der Waals surface area contributed by atoms with Crippen LogP contribution >= 0.6 is 15.9 Å². The van der Waals surface area contributed by atoms with Crippen LogP contribution in [0.25, 0.3) is 0 Å². The van der Waals surface area contributed by atoms with Crippen LogP contribution < -0.4 is 4.98 Å². The molecule has 0 unspecified atom stereocenters. The van der Waals surface area contributed by atoms with Crippen molar-refractivity contribution >= 4 is 25.5 Å². The molecule has 1 atom stereocenters. The molecule has 0 aromatic heterocycles. The fraction of sp³-hybridized carbons (Fsp3) is 0.333. The molecule has 1 rings (SSSR count). The van der Waals surface area contributed by atoms with Crippen molar-refractivity contribution in [3.8, 4) is 0 Å². The quantitative estimate of drug-likeness (QED) is 0.839. The first-order valence-electron chi connectivity index (χ1n) is 4.16. The Morgan fingerprint density at radius 1 is 1.62 bits per heavy atom. The Labute approximate surface area is 88.8 Å². The molecule has 0 amide bonds. The molecule has 0 aliphatic rings. The minimum Gasteiger partial charge on any atom is -0.380 e. The van der Waals surface area contributed by atoms with Gasteiger partial charge in [-0.25, -0.2) is 0 Å². The summed E-state index contributed by atoms with van der Waals surface area (Å²) in [6.45, 7) is 2.07. The third-order valence-electron chi connectivity index (χ3n) is 1.89. The van der Waals surface area contributed by atoms with Gasteiger partial charge in [0.15, 0.2) is 0 Å². The zero-order chi connectivity index (χ0) is 9.68. The Morgan fingerprint density at radius 2 is 2.38 bits per heavy atom. The summed E-state index contributed by atoms with van der Waals surface area (Å²) in [7, 11) is -0.448. The van der Waals surface area contributed by atoms with E-state index in [1.807, 2.05) is 24.3 Å². The van der Waals surface area contributed by atoms with E-state index in [1.54, 1.807) is 0 Å². The largest absolute Gasteiger partial charge is 0.463 e. The summed E-state index contributed by atoms with van der Waals surface area (Å²) in [6.07, 6.45) is 0.936. The second-order valence-electron chi connectivity index (χ2n) is 2.76. The molecule has 1 aromatic rings. The standard InChI is InChI=1S/C9H11BrNOSi/c1-2-9(11-13-12)7-4-3-5-8(10)6-7/h3-6,9,11H,2H2,1H3/t9-/m1/s1. The van der Waals surface area contributed by atoms with Crippen LogP contribution in [-0.4, -0.2) is 9.57 Å². The molecule has 69 valence electrons. The number of hydrogen-bond acceptors (Lipinski definition) is 1. The zero-order valence-corrected chi connectivity index (χ0v) is 9.97. The van der Waals surface area contributed by atoms with Gasteiger partial charge < -0.3 is 9.44 Å². The Kier molecular flexibility index (Phi) is 4.31. The molecule has 13 heavy (non-hydrogen) atoms. The monoisotopic (exact) mass is 256 g/mol. The molecule has 0 spiro atoms. The van der Waals surface area contributed by atoms with Crippen molar-refractivity contribution < 1.29 is 4.46 Å². The number of rotatable bonds is 4. The van der Waals surface area contributed by atoms with Crippen LogP contribution in [0.15, 0.2) is 28.7 Å². The van der Waals surface area contributed by atoms with Crippen molar-refractivity contribution in [2.24, 2.45) is 0 Å². The summed E-state index contributed by atoms with van der Waals surface area (Å²) >= 11 is 3.41. The highest BCUT2D eigenvalue weighted by Crippen LogP contribution is 2.19. The van der Waals surface area contributed by atoms with Crippen molar-refractivity contribution in [3.63, 3.8) is 0 Å². The summed E-state index contributed by atoms with van der Waals surface area (Å²) in [6, 6.07) is 8.23. The van der Waals surface area contributed by atoms with Crippen LogP contribution in [0.2, 0.25) is 0 Å². The van der Waals surface area contributed by atoms with E-state index in [0.717, 1.165) is 10.9 Å². The van der Waals surface area contributed by atoms with Gasteiger partial charge in [0.2, 0.25) is 0 Å². The fourth-order valence-electron chi connectivity index (χ4n) is 1.22. The summed E-state index contributed by atoms with van der Waals surface area (Å²) in [4.78, 5) is 2.93. The van der Waals surface area contributed by atoms with Crippen LogP contribution in [-0.2, 0) is 4.46 Å². The maximum Gasteiger partial charge on any atom is 0.463 e. The van der Waals surface area contributed by atoms with E-state index in [-0.39, 0.29) is 6.04 Å². The number of nitrogens with one attached hydrogen (secondary N) is 1. The summed E-state index contributed by atoms with van der Waals surface area (Å²) in [5.41, 5.74) is 1.17. The number of hydrogen-bond donors (Lipinski definition) is 1. The molecule has 0 saturated heterocycles. The fourth-order valence-corrected chi connectivity index (χ4v) is 2.15. The van der Waals surface area contributed by atoms with Gasteiger partial charge in [0.05, 0.1) is 0 Å². The van der Waals surface area contributed by atoms with Gasteiger partial charge in [0, 0.05) is 10.5 Å². The van der Waals surface area contributed by atoms with Crippen molar-refractivity contribution in [3.05, 3.63) is 34.3 Å². The predicted molar refractivity (Wildman–Crippen MR) is 56.8 cm³/mol. The van der Waals surface area contributed by atoms with E-state index >= 15 is 0 Å². The lowest BCUT2D eigenvalue weighted by atomic mass is 10.1. The molecular formula is C9H11BrNOSi. The third kappa shape index (κ3) is 3.04. The Hall–Kier alpha value is -0.483. The lowest BCUT2D eigenvalue weighted by molar-refractivity contribution is 0.542. The first-order chi connectivity index (χ1) is 6.27. The van der Waals surface area contributed by atoms with E-state index in [2.05, 4.69) is 27.8 Å². The maximum absolute atomic E-state index is 10.5. The van der Waals surface area contributed by atoms with Crippen LogP contribution in [0.1, 0.15) is 24.9 Å². The molecule has 1 N–H and O–H groups in total. The summed E-state index contributed by atoms with van der Waals surface area (Å²) in [5, 5.41) is 0. The molecule has 0 aliphatic heterocycles. The normalized spacial score (nSPS) is 12.2. The first-order valence-corrected chi connectivity index (χ1v) is 5.86. The van der Waals surface area contributed by atoms with Gasteiger partial charge in [0.1, 0.15) is 0 Å². The SMILES string of the molecule is CC[C@@H](N[Si]=O)c1cccc(Br)c1. The zero-order valence-electron chi connectivity index (χ0n) is 7.38. The molecule has 2 nitrogen and oxygen atoms in total. The lowest BCUT2D eigenvalue weighted by Gasteiger charge is -2.13. The number of benzene rings is 1. The van der Waals surface area contributed by atoms with Crippen LogP contribution in [0.3, 0.4) is 0 Å². The Morgan fingerprint density at radius 3 is 2.92 bits per heavy atom. The summed E-state index contributed by atoms with van der Waals surface area (Å²) in [5.74, 6) is 0. The molecular weight excluding hydrogens is 246 g/mol. The van der Waals surface area contributed by atoms with Gasteiger partial charge in [0.25, 0.3) is 0 Å². The van der Waals surface area contributed by atoms with Crippen LogP contribution in [0.5, 0.6) is 0 Å². The second-order valence-corrected chi connectivity index (χ2v) is 4.17. The maximum atomic E-state index is 10.5. The smallest absolute Gasteiger partial charge is 0.380 e. The molecule has 0 saturated carbocycles. The topological polar surface area (TPSA) is 29.1 Å². The summed E-state index contributed by atoms with van der Waals surface area (Å²) < 4.78 is 11.5. The molecule has 0 bridgehead atoms. The average molecular weight is 257 g/mol. The van der Waals surface area contributed by atoms with Gasteiger partial charge in [-0.1, -0.05) is 35.0 Å². The second kappa shape index (κ2) is 5.29. The van der Waals surface area contributed by atoms with E-state index in [1.165, 1.54) is 5.56 Å².